The summed E-state index contributed by atoms with van der Waals surface area (Å²) in [4.78, 5) is 9.11. The van der Waals surface area contributed by atoms with Gasteiger partial charge in [-0.25, -0.2) is 9.97 Å². The number of aromatic nitrogens is 2. The summed E-state index contributed by atoms with van der Waals surface area (Å²) < 4.78 is 0. The summed E-state index contributed by atoms with van der Waals surface area (Å²) >= 11 is 0. The van der Waals surface area contributed by atoms with Crippen molar-refractivity contribution in [2.75, 3.05) is 6.54 Å². The van der Waals surface area contributed by atoms with Gasteiger partial charge in [-0.05, 0) is 31.0 Å². The van der Waals surface area contributed by atoms with Gasteiger partial charge in [0.15, 0.2) is 0 Å². The van der Waals surface area contributed by atoms with Crippen LogP contribution in [0.15, 0.2) is 30.3 Å². The standard InChI is InChI=1S/C17H23N3/c1-5-18-11-17-19-13(4)10-16(20-17)15-8-6-14(7-9-15)12(2)3/h6-10,12,18H,5,11H2,1-4H3. The van der Waals surface area contributed by atoms with Crippen molar-refractivity contribution in [1.82, 2.24) is 15.3 Å². The van der Waals surface area contributed by atoms with Gasteiger partial charge >= 0.3 is 0 Å². The molecule has 0 unspecified atom stereocenters. The lowest BCUT2D eigenvalue weighted by atomic mass is 10.0. The first-order chi connectivity index (χ1) is 9.60. The van der Waals surface area contributed by atoms with Gasteiger partial charge in [-0.1, -0.05) is 45.0 Å². The van der Waals surface area contributed by atoms with Crippen LogP contribution in [-0.4, -0.2) is 16.5 Å². The molecule has 0 atom stereocenters. The van der Waals surface area contributed by atoms with Crippen LogP contribution in [0, 0.1) is 6.92 Å². The third-order valence-corrected chi connectivity index (χ3v) is 3.31. The van der Waals surface area contributed by atoms with Crippen LogP contribution in [-0.2, 0) is 6.54 Å². The number of aryl methyl sites for hydroxylation is 1. The van der Waals surface area contributed by atoms with Gasteiger partial charge in [-0.2, -0.15) is 0 Å². The highest BCUT2D eigenvalue weighted by Crippen LogP contribution is 2.21. The number of benzene rings is 1. The lowest BCUT2D eigenvalue weighted by Gasteiger charge is -2.09. The van der Waals surface area contributed by atoms with E-state index in [1.165, 1.54) is 5.56 Å². The highest BCUT2D eigenvalue weighted by molar-refractivity contribution is 5.59. The van der Waals surface area contributed by atoms with Crippen molar-refractivity contribution >= 4 is 0 Å². The number of nitrogens with one attached hydrogen (secondary N) is 1. The van der Waals surface area contributed by atoms with E-state index in [0.717, 1.165) is 35.9 Å². The fourth-order valence-electron chi connectivity index (χ4n) is 2.13. The Bertz CT molecular complexity index is 559. The van der Waals surface area contributed by atoms with Crippen LogP contribution in [0.3, 0.4) is 0 Å². The monoisotopic (exact) mass is 269 g/mol. The molecule has 0 aliphatic heterocycles. The van der Waals surface area contributed by atoms with Gasteiger partial charge in [0.2, 0.25) is 0 Å². The van der Waals surface area contributed by atoms with Crippen LogP contribution < -0.4 is 5.32 Å². The van der Waals surface area contributed by atoms with Crippen LogP contribution in [0.2, 0.25) is 0 Å². The van der Waals surface area contributed by atoms with E-state index < -0.39 is 0 Å². The molecular weight excluding hydrogens is 246 g/mol. The average molecular weight is 269 g/mol. The van der Waals surface area contributed by atoms with E-state index in [9.17, 15) is 0 Å². The van der Waals surface area contributed by atoms with Crippen LogP contribution in [0.4, 0.5) is 0 Å². The topological polar surface area (TPSA) is 37.8 Å². The Hall–Kier alpha value is -1.74. The quantitative estimate of drug-likeness (QED) is 0.899. The second-order valence-corrected chi connectivity index (χ2v) is 5.37. The molecule has 1 aromatic carbocycles. The molecule has 1 heterocycles. The van der Waals surface area contributed by atoms with Crippen molar-refractivity contribution < 1.29 is 0 Å². The minimum Gasteiger partial charge on any atom is -0.310 e. The molecule has 2 aromatic rings. The van der Waals surface area contributed by atoms with Crippen LogP contribution in [0.5, 0.6) is 0 Å². The van der Waals surface area contributed by atoms with Gasteiger partial charge < -0.3 is 5.32 Å². The SMILES string of the molecule is CCNCc1nc(C)cc(-c2ccc(C(C)C)cc2)n1. The van der Waals surface area contributed by atoms with Crippen LogP contribution in [0.1, 0.15) is 43.8 Å². The molecule has 20 heavy (non-hydrogen) atoms. The molecule has 0 saturated carbocycles. The highest BCUT2D eigenvalue weighted by Gasteiger charge is 2.05. The number of rotatable bonds is 5. The summed E-state index contributed by atoms with van der Waals surface area (Å²) in [6, 6.07) is 10.7. The molecule has 1 N–H and O–H groups in total. The predicted octanol–water partition coefficient (Wildman–Crippen LogP) is 3.68. The smallest absolute Gasteiger partial charge is 0.143 e. The van der Waals surface area contributed by atoms with Crippen molar-refractivity contribution in [2.45, 2.75) is 40.2 Å². The second-order valence-electron chi connectivity index (χ2n) is 5.37. The van der Waals surface area contributed by atoms with Crippen LogP contribution >= 0.6 is 0 Å². The molecule has 106 valence electrons. The van der Waals surface area contributed by atoms with E-state index in [0.29, 0.717) is 5.92 Å². The summed E-state index contributed by atoms with van der Waals surface area (Å²) in [5.41, 5.74) is 4.52. The normalized spacial score (nSPS) is 11.1. The maximum atomic E-state index is 4.64. The number of hydrogen-bond acceptors (Lipinski definition) is 3. The Morgan fingerprint density at radius 3 is 2.40 bits per heavy atom. The first-order valence-electron chi connectivity index (χ1n) is 7.25. The van der Waals surface area contributed by atoms with Gasteiger partial charge in [0.1, 0.15) is 5.82 Å². The Labute approximate surface area is 121 Å². The molecule has 3 heteroatoms. The molecule has 0 spiro atoms. The van der Waals surface area contributed by atoms with Crippen LogP contribution in [0.25, 0.3) is 11.3 Å². The van der Waals surface area contributed by atoms with Gasteiger partial charge in [0, 0.05) is 11.3 Å². The molecule has 0 fully saturated rings. The lowest BCUT2D eigenvalue weighted by Crippen LogP contribution is -2.15. The summed E-state index contributed by atoms with van der Waals surface area (Å²) in [6.45, 7) is 10.2. The predicted molar refractivity (Wildman–Crippen MR) is 83.7 cm³/mol. The van der Waals surface area contributed by atoms with E-state index >= 15 is 0 Å². The largest absolute Gasteiger partial charge is 0.310 e. The third kappa shape index (κ3) is 3.64. The number of hydrogen-bond donors (Lipinski definition) is 1. The molecule has 0 aliphatic carbocycles. The fraction of sp³-hybridized carbons (Fsp3) is 0.412. The summed E-state index contributed by atoms with van der Waals surface area (Å²) in [7, 11) is 0. The van der Waals surface area contributed by atoms with Crippen molar-refractivity contribution in [1.29, 1.82) is 0 Å². The van der Waals surface area contributed by atoms with E-state index in [1.54, 1.807) is 0 Å². The average Bonchev–Trinajstić information content (AvgIpc) is 2.44. The maximum absolute atomic E-state index is 4.64. The Balaban J connectivity index is 2.29. The highest BCUT2D eigenvalue weighted by atomic mass is 15.0. The Kier molecular flexibility index (Phi) is 4.85. The van der Waals surface area contributed by atoms with Crippen molar-refractivity contribution in [3.8, 4) is 11.3 Å². The third-order valence-electron chi connectivity index (χ3n) is 3.31. The van der Waals surface area contributed by atoms with E-state index in [1.807, 2.05) is 13.0 Å². The van der Waals surface area contributed by atoms with E-state index in [-0.39, 0.29) is 0 Å². The minimum atomic E-state index is 0.556. The Morgan fingerprint density at radius 2 is 1.80 bits per heavy atom. The Morgan fingerprint density at radius 1 is 1.10 bits per heavy atom. The molecule has 2 rings (SSSR count). The zero-order chi connectivity index (χ0) is 14.5. The van der Waals surface area contributed by atoms with E-state index in [4.69, 9.17) is 0 Å². The van der Waals surface area contributed by atoms with E-state index in [2.05, 4.69) is 60.3 Å². The molecular formula is C17H23N3. The summed E-state index contributed by atoms with van der Waals surface area (Å²) in [5.74, 6) is 1.41. The first-order valence-corrected chi connectivity index (χ1v) is 7.25. The van der Waals surface area contributed by atoms with Gasteiger partial charge in [0.05, 0.1) is 12.2 Å². The van der Waals surface area contributed by atoms with Crippen molar-refractivity contribution in [3.63, 3.8) is 0 Å². The second kappa shape index (κ2) is 6.62. The zero-order valence-electron chi connectivity index (χ0n) is 12.8. The summed E-state index contributed by atoms with van der Waals surface area (Å²) in [5, 5.41) is 3.27. The van der Waals surface area contributed by atoms with Crippen molar-refractivity contribution in [3.05, 3.63) is 47.4 Å². The fourth-order valence-corrected chi connectivity index (χ4v) is 2.13. The molecule has 0 amide bonds. The van der Waals surface area contributed by atoms with Gasteiger partial charge in [0.25, 0.3) is 0 Å². The molecule has 0 radical (unpaired) electrons. The maximum Gasteiger partial charge on any atom is 0.143 e. The molecule has 0 bridgehead atoms. The summed E-state index contributed by atoms with van der Waals surface area (Å²) in [6.07, 6.45) is 0. The molecule has 3 nitrogen and oxygen atoms in total. The van der Waals surface area contributed by atoms with Gasteiger partial charge in [-0.3, -0.25) is 0 Å². The minimum absolute atomic E-state index is 0.556. The zero-order valence-corrected chi connectivity index (χ0v) is 12.8. The lowest BCUT2D eigenvalue weighted by molar-refractivity contribution is 0.688. The molecule has 0 saturated heterocycles. The number of nitrogens with zero attached hydrogens (tertiary/aromatic N) is 2. The van der Waals surface area contributed by atoms with Crippen molar-refractivity contribution in [2.24, 2.45) is 0 Å². The molecule has 0 aliphatic rings. The molecule has 1 aromatic heterocycles. The van der Waals surface area contributed by atoms with Gasteiger partial charge in [-0.15, -0.1) is 0 Å². The first kappa shape index (κ1) is 14.7.